The fourth-order valence-corrected chi connectivity index (χ4v) is 2.54. The molecule has 0 aliphatic carbocycles. The van der Waals surface area contributed by atoms with Crippen molar-refractivity contribution in [3.05, 3.63) is 23.2 Å². The lowest BCUT2D eigenvalue weighted by molar-refractivity contribution is 0.243. The van der Waals surface area contributed by atoms with Crippen molar-refractivity contribution >= 4 is 17.3 Å². The zero-order valence-corrected chi connectivity index (χ0v) is 11.9. The van der Waals surface area contributed by atoms with E-state index in [-0.39, 0.29) is 0 Å². The molecule has 0 radical (unpaired) electrons. The predicted molar refractivity (Wildman–Crippen MR) is 79.9 cm³/mol. The van der Waals surface area contributed by atoms with Gasteiger partial charge in [-0.25, -0.2) is 0 Å². The third kappa shape index (κ3) is 3.79. The van der Waals surface area contributed by atoms with Crippen LogP contribution in [0.15, 0.2) is 18.2 Å². The third-order valence-electron chi connectivity index (χ3n) is 3.42. The Hall–Kier alpha value is -1.37. The van der Waals surface area contributed by atoms with Crippen LogP contribution < -0.4 is 10.1 Å². The van der Waals surface area contributed by atoms with Crippen molar-refractivity contribution in [2.24, 2.45) is 0 Å². The molecule has 0 bridgehead atoms. The van der Waals surface area contributed by atoms with Crippen molar-refractivity contribution < 1.29 is 4.74 Å². The lowest BCUT2D eigenvalue weighted by atomic mass is 10.0. The van der Waals surface area contributed by atoms with Crippen LogP contribution in [-0.2, 0) is 0 Å². The Kier molecular flexibility index (Phi) is 4.95. The molecule has 1 aliphatic heterocycles. The third-order valence-corrected chi connectivity index (χ3v) is 3.74. The summed E-state index contributed by atoms with van der Waals surface area (Å²) in [6, 6.07) is 6.27. The van der Waals surface area contributed by atoms with Crippen molar-refractivity contribution in [1.29, 1.82) is 0 Å². The van der Waals surface area contributed by atoms with Gasteiger partial charge in [-0.1, -0.05) is 17.5 Å². The highest BCUT2D eigenvalue weighted by atomic mass is 35.5. The zero-order valence-electron chi connectivity index (χ0n) is 11.2. The van der Waals surface area contributed by atoms with E-state index in [1.807, 2.05) is 18.2 Å². The maximum atomic E-state index is 6.01. The Labute approximate surface area is 119 Å². The molecule has 1 heterocycles. The summed E-state index contributed by atoms with van der Waals surface area (Å²) in [6.45, 7) is 2.85. The smallest absolute Gasteiger partial charge is 0.139 e. The van der Waals surface area contributed by atoms with E-state index >= 15 is 0 Å². The maximum Gasteiger partial charge on any atom is 0.139 e. The Morgan fingerprint density at radius 3 is 2.84 bits per heavy atom. The Bertz CT molecular complexity index is 462. The van der Waals surface area contributed by atoms with Gasteiger partial charge in [-0.2, -0.15) is 0 Å². The number of ether oxygens (including phenoxy) is 1. The van der Waals surface area contributed by atoms with Gasteiger partial charge in [0.1, 0.15) is 5.75 Å². The van der Waals surface area contributed by atoms with Crippen LogP contribution in [0.3, 0.4) is 0 Å². The Balaban J connectivity index is 1.90. The van der Waals surface area contributed by atoms with Gasteiger partial charge in [0.2, 0.25) is 0 Å². The fourth-order valence-electron chi connectivity index (χ4n) is 2.35. The SMILES string of the molecule is C#CCN1CCC(Nc2ccc(Cl)c(OC)c2)CC1. The van der Waals surface area contributed by atoms with Gasteiger partial charge in [0.15, 0.2) is 0 Å². The number of hydrogen-bond donors (Lipinski definition) is 1. The monoisotopic (exact) mass is 278 g/mol. The molecule has 1 saturated heterocycles. The van der Waals surface area contributed by atoms with E-state index in [1.165, 1.54) is 0 Å². The molecule has 19 heavy (non-hydrogen) atoms. The largest absolute Gasteiger partial charge is 0.495 e. The minimum Gasteiger partial charge on any atom is -0.495 e. The van der Waals surface area contributed by atoms with Gasteiger partial charge in [0.05, 0.1) is 18.7 Å². The number of nitrogens with zero attached hydrogens (tertiary/aromatic N) is 1. The molecule has 3 nitrogen and oxygen atoms in total. The summed E-state index contributed by atoms with van der Waals surface area (Å²) in [5.41, 5.74) is 1.05. The van der Waals surface area contributed by atoms with Gasteiger partial charge >= 0.3 is 0 Å². The molecule has 4 heteroatoms. The summed E-state index contributed by atoms with van der Waals surface area (Å²) >= 11 is 6.01. The molecular weight excluding hydrogens is 260 g/mol. The number of benzene rings is 1. The van der Waals surface area contributed by atoms with Crippen LogP contribution in [0.5, 0.6) is 5.75 Å². The van der Waals surface area contributed by atoms with Crippen molar-refractivity contribution in [1.82, 2.24) is 4.90 Å². The number of nitrogens with one attached hydrogen (secondary N) is 1. The molecular formula is C15H19ClN2O. The van der Waals surface area contributed by atoms with Crippen LogP contribution in [0.4, 0.5) is 5.69 Å². The lowest BCUT2D eigenvalue weighted by Crippen LogP contribution is -2.39. The first kappa shape index (κ1) is 14.0. The highest BCUT2D eigenvalue weighted by molar-refractivity contribution is 6.32. The van der Waals surface area contributed by atoms with E-state index in [2.05, 4.69) is 16.1 Å². The number of methoxy groups -OCH3 is 1. The summed E-state index contributed by atoms with van der Waals surface area (Å²) < 4.78 is 5.22. The van der Waals surface area contributed by atoms with Crippen LogP contribution in [-0.4, -0.2) is 37.7 Å². The predicted octanol–water partition coefficient (Wildman–Crippen LogP) is 2.86. The molecule has 0 atom stereocenters. The summed E-state index contributed by atoms with van der Waals surface area (Å²) in [6.07, 6.45) is 7.54. The van der Waals surface area contributed by atoms with E-state index in [0.29, 0.717) is 16.8 Å². The average molecular weight is 279 g/mol. The molecule has 2 rings (SSSR count). The second-order valence-electron chi connectivity index (χ2n) is 4.75. The van der Waals surface area contributed by atoms with Gasteiger partial charge < -0.3 is 10.1 Å². The maximum absolute atomic E-state index is 6.01. The molecule has 1 fully saturated rings. The van der Waals surface area contributed by atoms with Crippen LogP contribution in [0.2, 0.25) is 5.02 Å². The average Bonchev–Trinajstić information content (AvgIpc) is 2.43. The highest BCUT2D eigenvalue weighted by Gasteiger charge is 2.18. The van der Waals surface area contributed by atoms with Gasteiger partial charge in [-0.15, -0.1) is 6.42 Å². The van der Waals surface area contributed by atoms with E-state index < -0.39 is 0 Å². The first-order valence-corrected chi connectivity index (χ1v) is 6.86. The molecule has 1 N–H and O–H groups in total. The zero-order chi connectivity index (χ0) is 13.7. The summed E-state index contributed by atoms with van der Waals surface area (Å²) in [7, 11) is 1.63. The normalized spacial score (nSPS) is 16.9. The highest BCUT2D eigenvalue weighted by Crippen LogP contribution is 2.28. The summed E-state index contributed by atoms with van der Waals surface area (Å²) in [4.78, 5) is 2.31. The number of anilines is 1. The number of rotatable bonds is 4. The Morgan fingerprint density at radius 2 is 2.21 bits per heavy atom. The molecule has 0 amide bonds. The van der Waals surface area contributed by atoms with E-state index in [4.69, 9.17) is 22.8 Å². The van der Waals surface area contributed by atoms with Gasteiger partial charge in [-0.3, -0.25) is 4.90 Å². The minimum absolute atomic E-state index is 0.486. The molecule has 0 spiro atoms. The van der Waals surface area contributed by atoms with Gasteiger partial charge in [-0.05, 0) is 25.0 Å². The van der Waals surface area contributed by atoms with Crippen molar-refractivity contribution in [3.63, 3.8) is 0 Å². The van der Waals surface area contributed by atoms with E-state index in [9.17, 15) is 0 Å². The quantitative estimate of drug-likeness (QED) is 0.857. The fraction of sp³-hybridized carbons (Fsp3) is 0.467. The second kappa shape index (κ2) is 6.70. The lowest BCUT2D eigenvalue weighted by Gasteiger charge is -2.31. The van der Waals surface area contributed by atoms with Crippen molar-refractivity contribution in [2.75, 3.05) is 32.1 Å². The van der Waals surface area contributed by atoms with Gasteiger partial charge in [0.25, 0.3) is 0 Å². The minimum atomic E-state index is 0.486. The van der Waals surface area contributed by atoms with Crippen LogP contribution in [0, 0.1) is 12.3 Å². The first-order chi connectivity index (χ1) is 9.22. The molecule has 0 aromatic heterocycles. The number of terminal acetylenes is 1. The second-order valence-corrected chi connectivity index (χ2v) is 5.16. The topological polar surface area (TPSA) is 24.5 Å². The number of hydrogen-bond acceptors (Lipinski definition) is 3. The van der Waals surface area contributed by atoms with Gasteiger partial charge in [0, 0.05) is 30.9 Å². The van der Waals surface area contributed by atoms with Crippen LogP contribution in [0.1, 0.15) is 12.8 Å². The Morgan fingerprint density at radius 1 is 1.47 bits per heavy atom. The molecule has 1 aromatic rings. The van der Waals surface area contributed by atoms with Crippen molar-refractivity contribution in [3.8, 4) is 18.1 Å². The summed E-state index contributed by atoms with van der Waals surface area (Å²) in [5, 5.41) is 4.16. The number of piperidine rings is 1. The molecule has 102 valence electrons. The molecule has 0 saturated carbocycles. The number of likely N-dealkylation sites (tertiary alicyclic amines) is 1. The van der Waals surface area contributed by atoms with E-state index in [1.54, 1.807) is 7.11 Å². The molecule has 0 unspecified atom stereocenters. The van der Waals surface area contributed by atoms with E-state index in [0.717, 1.165) is 38.2 Å². The molecule has 1 aliphatic rings. The summed E-state index contributed by atoms with van der Waals surface area (Å²) in [5.74, 6) is 3.40. The first-order valence-electron chi connectivity index (χ1n) is 6.49. The molecule has 1 aromatic carbocycles. The van der Waals surface area contributed by atoms with Crippen molar-refractivity contribution in [2.45, 2.75) is 18.9 Å². The number of halogens is 1. The standard InChI is InChI=1S/C15H19ClN2O/c1-3-8-18-9-6-12(7-10-18)17-13-4-5-14(16)15(11-13)19-2/h1,4-5,11-12,17H,6-10H2,2H3. The van der Waals surface area contributed by atoms with Crippen LogP contribution in [0.25, 0.3) is 0 Å². The van der Waals surface area contributed by atoms with Crippen LogP contribution >= 0.6 is 11.6 Å².